The Bertz CT molecular complexity index is 734. The molecule has 2 aromatic rings. The predicted octanol–water partition coefficient (Wildman–Crippen LogP) is 3.22. The van der Waals surface area contributed by atoms with Crippen molar-refractivity contribution in [2.75, 3.05) is 23.4 Å². The molecule has 24 heavy (non-hydrogen) atoms. The van der Waals surface area contributed by atoms with Gasteiger partial charge in [0.15, 0.2) is 0 Å². The molecule has 2 amide bonds. The first-order chi connectivity index (χ1) is 11.5. The molecule has 0 bridgehead atoms. The number of benzene rings is 2. The Morgan fingerprint density at radius 3 is 2.58 bits per heavy atom. The molecule has 126 valence electrons. The summed E-state index contributed by atoms with van der Waals surface area (Å²) in [6.07, 6.45) is 0. The number of halogens is 1. The van der Waals surface area contributed by atoms with E-state index in [1.165, 1.54) is 30.0 Å². The van der Waals surface area contributed by atoms with Crippen molar-refractivity contribution >= 4 is 23.2 Å². The molecule has 0 radical (unpaired) electrons. The lowest BCUT2D eigenvalue weighted by Crippen LogP contribution is -2.37. The van der Waals surface area contributed by atoms with Crippen LogP contribution in [0.5, 0.6) is 5.75 Å². The molecule has 0 spiro atoms. The Morgan fingerprint density at radius 1 is 1.17 bits per heavy atom. The number of amides is 2. The third-order valence-electron chi connectivity index (χ3n) is 3.25. The van der Waals surface area contributed by atoms with Gasteiger partial charge in [0.25, 0.3) is 0 Å². The SMILES string of the molecule is CCOc1ccccc1N(CC(=O)Nc1cccc(F)c1)C(C)=O. The van der Waals surface area contributed by atoms with Gasteiger partial charge in [-0.25, -0.2) is 4.39 Å². The summed E-state index contributed by atoms with van der Waals surface area (Å²) in [4.78, 5) is 25.5. The van der Waals surface area contributed by atoms with E-state index in [9.17, 15) is 14.0 Å². The van der Waals surface area contributed by atoms with Crippen LogP contribution in [0.25, 0.3) is 0 Å². The molecule has 0 saturated heterocycles. The van der Waals surface area contributed by atoms with E-state index in [0.717, 1.165) is 0 Å². The van der Waals surface area contributed by atoms with Gasteiger partial charge in [0.1, 0.15) is 18.1 Å². The summed E-state index contributed by atoms with van der Waals surface area (Å²) >= 11 is 0. The van der Waals surface area contributed by atoms with Crippen molar-refractivity contribution < 1.29 is 18.7 Å². The minimum atomic E-state index is -0.446. The summed E-state index contributed by atoms with van der Waals surface area (Å²) in [7, 11) is 0. The molecule has 0 fully saturated rings. The van der Waals surface area contributed by atoms with E-state index < -0.39 is 11.7 Å². The standard InChI is InChI=1S/C18H19FN2O3/c1-3-24-17-10-5-4-9-16(17)21(13(2)22)12-18(23)20-15-8-6-7-14(19)11-15/h4-11H,3,12H2,1-2H3,(H,20,23). The maximum atomic E-state index is 13.2. The highest BCUT2D eigenvalue weighted by Gasteiger charge is 2.19. The number of anilines is 2. The smallest absolute Gasteiger partial charge is 0.244 e. The summed E-state index contributed by atoms with van der Waals surface area (Å²) in [5.74, 6) is -0.648. The zero-order valence-corrected chi connectivity index (χ0v) is 13.6. The molecule has 6 heteroatoms. The molecule has 0 aliphatic carbocycles. The zero-order chi connectivity index (χ0) is 17.5. The molecular formula is C18H19FN2O3. The predicted molar refractivity (Wildman–Crippen MR) is 90.7 cm³/mol. The molecule has 0 saturated carbocycles. The zero-order valence-electron chi connectivity index (χ0n) is 13.6. The molecule has 0 aliphatic rings. The number of hydrogen-bond donors (Lipinski definition) is 1. The van der Waals surface area contributed by atoms with Crippen LogP contribution in [-0.4, -0.2) is 25.0 Å². The summed E-state index contributed by atoms with van der Waals surface area (Å²) in [6, 6.07) is 12.6. The number of carbonyl (C=O) groups excluding carboxylic acids is 2. The highest BCUT2D eigenvalue weighted by Crippen LogP contribution is 2.28. The third-order valence-corrected chi connectivity index (χ3v) is 3.25. The molecule has 0 aromatic heterocycles. The second-order valence-corrected chi connectivity index (χ2v) is 5.06. The van der Waals surface area contributed by atoms with Crippen molar-refractivity contribution in [3.05, 3.63) is 54.3 Å². The fraction of sp³-hybridized carbons (Fsp3) is 0.222. The molecule has 0 aliphatic heterocycles. The first-order valence-corrected chi connectivity index (χ1v) is 7.56. The summed E-state index contributed by atoms with van der Waals surface area (Å²) in [5, 5.41) is 2.58. The minimum Gasteiger partial charge on any atom is -0.492 e. The lowest BCUT2D eigenvalue weighted by molar-refractivity contribution is -0.120. The van der Waals surface area contributed by atoms with E-state index >= 15 is 0 Å². The van der Waals surface area contributed by atoms with E-state index in [1.807, 2.05) is 6.92 Å². The Balaban J connectivity index is 2.17. The summed E-state index contributed by atoms with van der Waals surface area (Å²) < 4.78 is 18.7. The summed E-state index contributed by atoms with van der Waals surface area (Å²) in [6.45, 7) is 3.46. The molecule has 2 aromatic carbocycles. The fourth-order valence-electron chi connectivity index (χ4n) is 2.23. The molecule has 0 atom stereocenters. The van der Waals surface area contributed by atoms with Gasteiger partial charge in [-0.15, -0.1) is 0 Å². The van der Waals surface area contributed by atoms with Gasteiger partial charge < -0.3 is 10.1 Å². The third kappa shape index (κ3) is 4.55. The second-order valence-electron chi connectivity index (χ2n) is 5.06. The van der Waals surface area contributed by atoms with E-state index in [4.69, 9.17) is 4.74 Å². The summed E-state index contributed by atoms with van der Waals surface area (Å²) in [5.41, 5.74) is 0.850. The van der Waals surface area contributed by atoms with Crippen LogP contribution in [0, 0.1) is 5.82 Å². The van der Waals surface area contributed by atoms with E-state index in [-0.39, 0.29) is 12.5 Å². The van der Waals surface area contributed by atoms with E-state index in [1.54, 1.807) is 30.3 Å². The van der Waals surface area contributed by atoms with Gasteiger partial charge in [0, 0.05) is 12.6 Å². The Labute approximate surface area is 140 Å². The minimum absolute atomic E-state index is 0.198. The number of nitrogens with one attached hydrogen (secondary N) is 1. The quantitative estimate of drug-likeness (QED) is 0.885. The van der Waals surface area contributed by atoms with Crippen LogP contribution in [0.3, 0.4) is 0 Å². The van der Waals surface area contributed by atoms with Gasteiger partial charge in [0.05, 0.1) is 12.3 Å². The van der Waals surface area contributed by atoms with Gasteiger partial charge in [0.2, 0.25) is 11.8 Å². The van der Waals surface area contributed by atoms with Crippen molar-refractivity contribution in [2.24, 2.45) is 0 Å². The number of ether oxygens (including phenoxy) is 1. The van der Waals surface area contributed by atoms with Crippen molar-refractivity contribution in [1.82, 2.24) is 0 Å². The highest BCUT2D eigenvalue weighted by molar-refractivity contribution is 6.02. The van der Waals surface area contributed by atoms with Gasteiger partial charge in [-0.1, -0.05) is 18.2 Å². The van der Waals surface area contributed by atoms with Crippen LogP contribution in [0.15, 0.2) is 48.5 Å². The van der Waals surface area contributed by atoms with Crippen LogP contribution in [-0.2, 0) is 9.59 Å². The molecular weight excluding hydrogens is 311 g/mol. The van der Waals surface area contributed by atoms with Gasteiger partial charge in [-0.05, 0) is 37.3 Å². The number of carbonyl (C=O) groups is 2. The van der Waals surface area contributed by atoms with Crippen LogP contribution in [0.2, 0.25) is 0 Å². The van der Waals surface area contributed by atoms with Crippen molar-refractivity contribution in [3.8, 4) is 5.75 Å². The molecule has 5 nitrogen and oxygen atoms in total. The van der Waals surface area contributed by atoms with Crippen molar-refractivity contribution in [3.63, 3.8) is 0 Å². The first-order valence-electron chi connectivity index (χ1n) is 7.56. The monoisotopic (exact) mass is 330 g/mol. The molecule has 0 heterocycles. The first kappa shape index (κ1) is 17.5. The fourth-order valence-corrected chi connectivity index (χ4v) is 2.23. The van der Waals surface area contributed by atoms with E-state index in [0.29, 0.717) is 23.7 Å². The Morgan fingerprint density at radius 2 is 1.92 bits per heavy atom. The highest BCUT2D eigenvalue weighted by atomic mass is 19.1. The van der Waals surface area contributed by atoms with Crippen molar-refractivity contribution in [1.29, 1.82) is 0 Å². The van der Waals surface area contributed by atoms with Gasteiger partial charge >= 0.3 is 0 Å². The largest absolute Gasteiger partial charge is 0.492 e. The maximum absolute atomic E-state index is 13.2. The number of nitrogens with zero attached hydrogens (tertiary/aromatic N) is 1. The van der Waals surface area contributed by atoms with Gasteiger partial charge in [-0.3, -0.25) is 14.5 Å². The lowest BCUT2D eigenvalue weighted by Gasteiger charge is -2.23. The van der Waals surface area contributed by atoms with Crippen LogP contribution in [0.1, 0.15) is 13.8 Å². The lowest BCUT2D eigenvalue weighted by atomic mass is 10.2. The number of para-hydroxylation sites is 2. The average Bonchev–Trinajstić information content (AvgIpc) is 2.53. The molecule has 2 rings (SSSR count). The van der Waals surface area contributed by atoms with Crippen LogP contribution in [0.4, 0.5) is 15.8 Å². The van der Waals surface area contributed by atoms with Gasteiger partial charge in [-0.2, -0.15) is 0 Å². The maximum Gasteiger partial charge on any atom is 0.244 e. The topological polar surface area (TPSA) is 58.6 Å². The molecule has 0 unspecified atom stereocenters. The number of rotatable bonds is 6. The Hall–Kier alpha value is -2.89. The van der Waals surface area contributed by atoms with Crippen LogP contribution < -0.4 is 15.0 Å². The van der Waals surface area contributed by atoms with Crippen molar-refractivity contribution in [2.45, 2.75) is 13.8 Å². The molecule has 1 N–H and O–H groups in total. The number of hydrogen-bond acceptors (Lipinski definition) is 3. The van der Waals surface area contributed by atoms with Crippen LogP contribution >= 0.6 is 0 Å². The normalized spacial score (nSPS) is 10.1. The Kier molecular flexibility index (Phi) is 5.89. The average molecular weight is 330 g/mol. The second kappa shape index (κ2) is 8.10. The van der Waals surface area contributed by atoms with E-state index in [2.05, 4.69) is 5.32 Å².